The Morgan fingerprint density at radius 1 is 1.17 bits per heavy atom. The van der Waals surface area contributed by atoms with Gasteiger partial charge in [0.1, 0.15) is 5.69 Å². The van der Waals surface area contributed by atoms with Crippen molar-refractivity contribution in [2.45, 2.75) is 26.2 Å². The van der Waals surface area contributed by atoms with Crippen molar-refractivity contribution in [2.75, 3.05) is 32.0 Å². The number of guanidine groups is 1. The second-order valence-corrected chi connectivity index (χ2v) is 4.83. The van der Waals surface area contributed by atoms with Crippen LogP contribution in [0.3, 0.4) is 0 Å². The van der Waals surface area contributed by atoms with Gasteiger partial charge in [0, 0.05) is 32.7 Å². The highest BCUT2D eigenvalue weighted by molar-refractivity contribution is 14.0. The first-order chi connectivity index (χ1) is 10.7. The van der Waals surface area contributed by atoms with E-state index >= 15 is 0 Å². The quantitative estimate of drug-likeness (QED) is 0.139. The lowest BCUT2D eigenvalue weighted by Crippen LogP contribution is -2.39. The molecule has 0 atom stereocenters. The Morgan fingerprint density at radius 3 is 2.52 bits per heavy atom. The smallest absolute Gasteiger partial charge is 0.292 e. The predicted molar refractivity (Wildman–Crippen MR) is 106 cm³/mol. The molecule has 0 bridgehead atoms. The summed E-state index contributed by atoms with van der Waals surface area (Å²) in [6.45, 7) is 4.26. The van der Waals surface area contributed by atoms with Crippen molar-refractivity contribution in [3.63, 3.8) is 0 Å². The van der Waals surface area contributed by atoms with Crippen LogP contribution in [0.4, 0.5) is 11.4 Å². The summed E-state index contributed by atoms with van der Waals surface area (Å²) in [5.74, 6) is 0.750. The second-order valence-electron chi connectivity index (χ2n) is 4.83. The summed E-state index contributed by atoms with van der Waals surface area (Å²) in [6, 6.07) is 6.63. The van der Waals surface area contributed by atoms with Crippen LogP contribution in [0.15, 0.2) is 29.3 Å². The molecule has 1 rings (SSSR count). The van der Waals surface area contributed by atoms with Crippen LogP contribution in [-0.4, -0.2) is 37.6 Å². The van der Waals surface area contributed by atoms with Crippen molar-refractivity contribution in [1.82, 2.24) is 10.6 Å². The number of unbranched alkanes of at least 4 members (excludes halogenated alkanes) is 2. The lowest BCUT2D eigenvalue weighted by molar-refractivity contribution is -0.384. The van der Waals surface area contributed by atoms with Crippen molar-refractivity contribution >= 4 is 41.3 Å². The highest BCUT2D eigenvalue weighted by Crippen LogP contribution is 2.22. The van der Waals surface area contributed by atoms with Gasteiger partial charge in [0.25, 0.3) is 5.69 Å². The molecule has 1 aromatic carbocycles. The van der Waals surface area contributed by atoms with Crippen LogP contribution in [0.1, 0.15) is 26.2 Å². The maximum Gasteiger partial charge on any atom is 0.292 e. The predicted octanol–water partition coefficient (Wildman–Crippen LogP) is 2.98. The molecular formula is C15H26IN5O2. The van der Waals surface area contributed by atoms with Gasteiger partial charge in [-0.05, 0) is 12.5 Å². The summed E-state index contributed by atoms with van der Waals surface area (Å²) in [6.07, 6.45) is 3.50. The number of hydrogen-bond donors (Lipinski definition) is 3. The van der Waals surface area contributed by atoms with Crippen molar-refractivity contribution in [1.29, 1.82) is 0 Å². The number of nitro benzene ring substituents is 1. The molecule has 0 radical (unpaired) electrons. The molecule has 0 aliphatic carbocycles. The zero-order valence-electron chi connectivity index (χ0n) is 13.7. The topological polar surface area (TPSA) is 91.6 Å². The minimum absolute atomic E-state index is 0. The summed E-state index contributed by atoms with van der Waals surface area (Å²) in [5, 5.41) is 20.4. The molecule has 1 aromatic rings. The molecule has 0 amide bonds. The molecular weight excluding hydrogens is 409 g/mol. The Kier molecular flexibility index (Phi) is 12.0. The maximum atomic E-state index is 10.9. The number of rotatable bonds is 9. The Balaban J connectivity index is 0.00000484. The average Bonchev–Trinajstić information content (AvgIpc) is 2.53. The van der Waals surface area contributed by atoms with E-state index in [9.17, 15) is 10.1 Å². The Hall–Kier alpha value is -1.58. The van der Waals surface area contributed by atoms with Crippen LogP contribution in [0.25, 0.3) is 0 Å². The van der Waals surface area contributed by atoms with Crippen molar-refractivity contribution in [3.8, 4) is 0 Å². The van der Waals surface area contributed by atoms with Crippen LogP contribution < -0.4 is 16.0 Å². The molecule has 3 N–H and O–H groups in total. The molecule has 130 valence electrons. The number of nitrogens with one attached hydrogen (secondary N) is 3. The van der Waals surface area contributed by atoms with Crippen LogP contribution >= 0.6 is 24.0 Å². The minimum atomic E-state index is -0.385. The molecule has 8 heteroatoms. The number of hydrogen-bond acceptors (Lipinski definition) is 4. The lowest BCUT2D eigenvalue weighted by Gasteiger charge is -2.12. The van der Waals surface area contributed by atoms with Crippen LogP contribution in [0.5, 0.6) is 0 Å². The number of halogens is 1. The number of benzene rings is 1. The van der Waals surface area contributed by atoms with Crippen LogP contribution in [0, 0.1) is 10.1 Å². The molecule has 0 spiro atoms. The zero-order valence-corrected chi connectivity index (χ0v) is 16.0. The van der Waals surface area contributed by atoms with Gasteiger partial charge in [-0.2, -0.15) is 0 Å². The fourth-order valence-electron chi connectivity index (χ4n) is 1.96. The van der Waals surface area contributed by atoms with Gasteiger partial charge in [-0.1, -0.05) is 31.9 Å². The van der Waals surface area contributed by atoms with E-state index < -0.39 is 0 Å². The van der Waals surface area contributed by atoms with E-state index in [0.717, 1.165) is 18.9 Å². The Bertz CT molecular complexity index is 497. The molecule has 0 aliphatic rings. The van der Waals surface area contributed by atoms with Gasteiger partial charge in [-0.25, -0.2) is 0 Å². The zero-order chi connectivity index (χ0) is 16.2. The highest BCUT2D eigenvalue weighted by Gasteiger charge is 2.11. The molecule has 0 unspecified atom stereocenters. The molecule has 0 aliphatic heterocycles. The van der Waals surface area contributed by atoms with Gasteiger partial charge in [0.2, 0.25) is 0 Å². The molecule has 7 nitrogen and oxygen atoms in total. The van der Waals surface area contributed by atoms with Gasteiger partial charge in [-0.15, -0.1) is 24.0 Å². The summed E-state index contributed by atoms with van der Waals surface area (Å²) in [7, 11) is 1.73. The number of nitro groups is 1. The van der Waals surface area contributed by atoms with E-state index in [2.05, 4.69) is 27.9 Å². The summed E-state index contributed by atoms with van der Waals surface area (Å²) in [4.78, 5) is 14.7. The van der Waals surface area contributed by atoms with E-state index in [1.54, 1.807) is 25.2 Å². The first-order valence-electron chi connectivity index (χ1n) is 7.60. The molecule has 0 saturated heterocycles. The second kappa shape index (κ2) is 12.9. The van der Waals surface area contributed by atoms with E-state index in [-0.39, 0.29) is 34.6 Å². The summed E-state index contributed by atoms with van der Waals surface area (Å²) < 4.78 is 0. The Morgan fingerprint density at radius 2 is 1.87 bits per heavy atom. The number of nitrogens with zero attached hydrogens (tertiary/aromatic N) is 2. The monoisotopic (exact) mass is 435 g/mol. The standard InChI is InChI=1S/C15H25N5O2.HI/c1-3-4-7-10-18-15(16-2)19-12-11-17-13-8-5-6-9-14(13)20(21)22;/h5-6,8-9,17H,3-4,7,10-12H2,1-2H3,(H2,16,18,19);1H. The third-order valence-corrected chi connectivity index (χ3v) is 3.13. The largest absolute Gasteiger partial charge is 0.378 e. The minimum Gasteiger partial charge on any atom is -0.378 e. The first kappa shape index (κ1) is 21.4. The highest BCUT2D eigenvalue weighted by atomic mass is 127. The van der Waals surface area contributed by atoms with E-state index in [1.807, 2.05) is 0 Å². The van der Waals surface area contributed by atoms with Gasteiger partial charge >= 0.3 is 0 Å². The number of anilines is 1. The van der Waals surface area contributed by atoms with E-state index in [1.165, 1.54) is 18.9 Å². The Labute approximate surface area is 154 Å². The van der Waals surface area contributed by atoms with E-state index in [4.69, 9.17) is 0 Å². The van der Waals surface area contributed by atoms with E-state index in [0.29, 0.717) is 18.8 Å². The number of para-hydroxylation sites is 2. The van der Waals surface area contributed by atoms with Crippen molar-refractivity contribution < 1.29 is 4.92 Å². The van der Waals surface area contributed by atoms with Crippen molar-refractivity contribution in [3.05, 3.63) is 34.4 Å². The summed E-state index contributed by atoms with van der Waals surface area (Å²) >= 11 is 0. The molecule has 23 heavy (non-hydrogen) atoms. The fraction of sp³-hybridized carbons (Fsp3) is 0.533. The normalized spacial score (nSPS) is 10.6. The molecule has 0 aromatic heterocycles. The van der Waals surface area contributed by atoms with Gasteiger partial charge in [0.15, 0.2) is 5.96 Å². The average molecular weight is 435 g/mol. The molecule has 0 heterocycles. The summed E-state index contributed by atoms with van der Waals surface area (Å²) in [5.41, 5.74) is 0.616. The molecule has 0 fully saturated rings. The third-order valence-electron chi connectivity index (χ3n) is 3.13. The van der Waals surface area contributed by atoms with Crippen LogP contribution in [0.2, 0.25) is 0 Å². The fourth-order valence-corrected chi connectivity index (χ4v) is 1.96. The van der Waals surface area contributed by atoms with Gasteiger partial charge in [0.05, 0.1) is 4.92 Å². The van der Waals surface area contributed by atoms with Gasteiger partial charge < -0.3 is 16.0 Å². The maximum absolute atomic E-state index is 10.9. The van der Waals surface area contributed by atoms with Gasteiger partial charge in [-0.3, -0.25) is 15.1 Å². The lowest BCUT2D eigenvalue weighted by atomic mass is 10.2. The van der Waals surface area contributed by atoms with Crippen molar-refractivity contribution in [2.24, 2.45) is 4.99 Å². The number of aliphatic imine (C=N–C) groups is 1. The molecule has 0 saturated carbocycles. The van der Waals surface area contributed by atoms with Crippen LogP contribution in [-0.2, 0) is 0 Å². The third kappa shape index (κ3) is 8.58. The SMILES string of the molecule is CCCCCNC(=NC)NCCNc1ccccc1[N+](=O)[O-].I. The first-order valence-corrected chi connectivity index (χ1v) is 7.60.